The zero-order valence-corrected chi connectivity index (χ0v) is 14.9. The van der Waals surface area contributed by atoms with Crippen molar-refractivity contribution in [1.82, 2.24) is 9.55 Å². The van der Waals surface area contributed by atoms with Crippen LogP contribution in [0.5, 0.6) is 0 Å². The van der Waals surface area contributed by atoms with Crippen LogP contribution in [-0.4, -0.2) is 15.8 Å². The smallest absolute Gasteiger partial charge is 0.169 e. The molecule has 1 aliphatic rings. The standard InChI is InChI=1S/C24H20N2O/c1-19-10-8-9-15-23(19)24(20-11-4-2-5-12-20,21-13-6-3-7-14-21)26-16-22(17-27)25-18-26/h2-18,23H,1H2. The number of carbonyl (C=O) groups excluding carboxylic acids is 1. The number of carbonyl (C=O) groups is 1. The monoisotopic (exact) mass is 352 g/mol. The van der Waals surface area contributed by atoms with Crippen LogP contribution in [0.2, 0.25) is 0 Å². The molecule has 3 nitrogen and oxygen atoms in total. The number of aldehydes is 1. The summed E-state index contributed by atoms with van der Waals surface area (Å²) in [5, 5.41) is 0. The lowest BCUT2D eigenvalue weighted by atomic mass is 9.69. The molecule has 3 aromatic rings. The Morgan fingerprint density at radius 1 is 0.963 bits per heavy atom. The summed E-state index contributed by atoms with van der Waals surface area (Å²) in [5.74, 6) is -0.0268. The van der Waals surface area contributed by atoms with Gasteiger partial charge in [0.15, 0.2) is 6.29 Å². The van der Waals surface area contributed by atoms with Gasteiger partial charge >= 0.3 is 0 Å². The summed E-state index contributed by atoms with van der Waals surface area (Å²) < 4.78 is 2.04. The van der Waals surface area contributed by atoms with Crippen LogP contribution in [0.15, 0.2) is 110 Å². The van der Waals surface area contributed by atoms with Crippen LogP contribution in [0.1, 0.15) is 21.6 Å². The first-order valence-corrected chi connectivity index (χ1v) is 8.91. The van der Waals surface area contributed by atoms with Crippen LogP contribution in [-0.2, 0) is 5.54 Å². The van der Waals surface area contributed by atoms with Gasteiger partial charge in [-0.1, -0.05) is 91.5 Å². The molecule has 27 heavy (non-hydrogen) atoms. The summed E-state index contributed by atoms with van der Waals surface area (Å²) in [7, 11) is 0. The molecule has 0 amide bonds. The predicted octanol–water partition coefficient (Wildman–Crippen LogP) is 4.79. The third-order valence-corrected chi connectivity index (χ3v) is 5.13. The third kappa shape index (κ3) is 2.77. The van der Waals surface area contributed by atoms with Crippen molar-refractivity contribution in [3.05, 3.63) is 126 Å². The van der Waals surface area contributed by atoms with Crippen LogP contribution in [0, 0.1) is 5.92 Å². The lowest BCUT2D eigenvalue weighted by molar-refractivity contribution is 0.111. The second kappa shape index (κ2) is 7.04. The topological polar surface area (TPSA) is 34.9 Å². The molecule has 1 aliphatic carbocycles. The van der Waals surface area contributed by atoms with Gasteiger partial charge in [0.2, 0.25) is 0 Å². The first-order chi connectivity index (χ1) is 13.3. The molecule has 132 valence electrons. The Labute approximate surface area is 159 Å². The number of nitrogens with zero attached hydrogens (tertiary/aromatic N) is 2. The molecule has 0 fully saturated rings. The summed E-state index contributed by atoms with van der Waals surface area (Å²) in [6.07, 6.45) is 12.6. The number of aromatic nitrogens is 2. The molecule has 4 rings (SSSR count). The van der Waals surface area contributed by atoms with Crippen LogP contribution in [0.25, 0.3) is 0 Å². The fraction of sp³-hybridized carbons (Fsp3) is 0.0833. The van der Waals surface area contributed by atoms with Gasteiger partial charge in [-0.15, -0.1) is 0 Å². The van der Waals surface area contributed by atoms with E-state index in [2.05, 4.69) is 48.0 Å². The molecule has 2 aromatic carbocycles. The highest BCUT2D eigenvalue weighted by Crippen LogP contribution is 2.45. The van der Waals surface area contributed by atoms with E-state index in [1.54, 1.807) is 6.33 Å². The Balaban J connectivity index is 2.08. The quantitative estimate of drug-likeness (QED) is 0.619. The molecular weight excluding hydrogens is 332 g/mol. The van der Waals surface area contributed by atoms with Crippen molar-refractivity contribution in [2.75, 3.05) is 0 Å². The van der Waals surface area contributed by atoms with Crippen molar-refractivity contribution in [2.45, 2.75) is 5.54 Å². The van der Waals surface area contributed by atoms with E-state index < -0.39 is 5.54 Å². The molecule has 0 saturated heterocycles. The summed E-state index contributed by atoms with van der Waals surface area (Å²) in [6.45, 7) is 4.32. The molecule has 1 heterocycles. The predicted molar refractivity (Wildman–Crippen MR) is 108 cm³/mol. The van der Waals surface area contributed by atoms with Gasteiger partial charge in [0.05, 0.1) is 6.33 Å². The summed E-state index contributed by atoms with van der Waals surface area (Å²) >= 11 is 0. The van der Waals surface area contributed by atoms with Gasteiger partial charge in [0, 0.05) is 12.1 Å². The van der Waals surface area contributed by atoms with Crippen LogP contribution >= 0.6 is 0 Å². The van der Waals surface area contributed by atoms with E-state index >= 15 is 0 Å². The molecule has 3 heteroatoms. The molecule has 1 atom stereocenters. The van der Waals surface area contributed by atoms with E-state index in [4.69, 9.17) is 0 Å². The highest BCUT2D eigenvalue weighted by molar-refractivity contribution is 5.71. The molecule has 0 radical (unpaired) electrons. The first-order valence-electron chi connectivity index (χ1n) is 8.91. The molecule has 0 spiro atoms. The fourth-order valence-electron chi connectivity index (χ4n) is 3.95. The van der Waals surface area contributed by atoms with Crippen molar-refractivity contribution in [2.24, 2.45) is 5.92 Å². The Bertz CT molecular complexity index is 973. The molecule has 0 bridgehead atoms. The average molecular weight is 352 g/mol. The lowest BCUT2D eigenvalue weighted by Gasteiger charge is -2.43. The summed E-state index contributed by atoms with van der Waals surface area (Å²) in [4.78, 5) is 15.6. The Morgan fingerprint density at radius 2 is 1.59 bits per heavy atom. The van der Waals surface area contributed by atoms with E-state index in [1.807, 2.05) is 59.3 Å². The number of benzene rings is 2. The minimum atomic E-state index is -0.602. The highest BCUT2D eigenvalue weighted by Gasteiger charge is 2.44. The lowest BCUT2D eigenvalue weighted by Crippen LogP contribution is -2.43. The molecular formula is C24H20N2O. The number of hydrogen-bond acceptors (Lipinski definition) is 2. The van der Waals surface area contributed by atoms with Crippen LogP contribution in [0.4, 0.5) is 0 Å². The maximum Gasteiger partial charge on any atom is 0.169 e. The van der Waals surface area contributed by atoms with Gasteiger partial charge < -0.3 is 4.57 Å². The number of allylic oxidation sites excluding steroid dienone is 5. The van der Waals surface area contributed by atoms with Gasteiger partial charge in [0.1, 0.15) is 11.2 Å². The molecule has 0 aliphatic heterocycles. The van der Waals surface area contributed by atoms with E-state index in [1.165, 1.54) is 0 Å². The highest BCUT2D eigenvalue weighted by atomic mass is 16.1. The number of imidazole rings is 1. The zero-order chi connectivity index (χ0) is 18.7. The van der Waals surface area contributed by atoms with Crippen molar-refractivity contribution in [1.29, 1.82) is 0 Å². The average Bonchev–Trinajstić information content (AvgIpc) is 3.21. The van der Waals surface area contributed by atoms with E-state index in [9.17, 15) is 4.79 Å². The maximum absolute atomic E-state index is 11.3. The molecule has 0 N–H and O–H groups in total. The second-order valence-corrected chi connectivity index (χ2v) is 6.62. The van der Waals surface area contributed by atoms with Crippen molar-refractivity contribution < 1.29 is 4.79 Å². The van der Waals surface area contributed by atoms with Gasteiger partial charge in [-0.3, -0.25) is 4.79 Å². The van der Waals surface area contributed by atoms with E-state index in [0.717, 1.165) is 23.0 Å². The molecule has 1 unspecified atom stereocenters. The zero-order valence-electron chi connectivity index (χ0n) is 14.9. The van der Waals surface area contributed by atoms with Crippen molar-refractivity contribution >= 4 is 6.29 Å². The fourth-order valence-corrected chi connectivity index (χ4v) is 3.95. The minimum absolute atomic E-state index is 0.0268. The largest absolute Gasteiger partial charge is 0.321 e. The SMILES string of the molecule is C=C1C=CC=CC1C(c1ccccc1)(c1ccccc1)n1cnc(C=O)c1. The normalized spacial score (nSPS) is 16.4. The molecule has 1 aromatic heterocycles. The van der Waals surface area contributed by atoms with E-state index in [-0.39, 0.29) is 5.92 Å². The van der Waals surface area contributed by atoms with Crippen molar-refractivity contribution in [3.63, 3.8) is 0 Å². The summed E-state index contributed by atoms with van der Waals surface area (Å²) in [6, 6.07) is 20.6. The van der Waals surface area contributed by atoms with Gasteiger partial charge in [-0.25, -0.2) is 4.98 Å². The van der Waals surface area contributed by atoms with Gasteiger partial charge in [0.25, 0.3) is 0 Å². The Hall–Kier alpha value is -3.46. The number of rotatable bonds is 5. The summed E-state index contributed by atoms with van der Waals surface area (Å²) in [5.41, 5.74) is 3.03. The maximum atomic E-state index is 11.3. The minimum Gasteiger partial charge on any atom is -0.321 e. The van der Waals surface area contributed by atoms with E-state index in [0.29, 0.717) is 5.69 Å². The second-order valence-electron chi connectivity index (χ2n) is 6.62. The van der Waals surface area contributed by atoms with Crippen LogP contribution < -0.4 is 0 Å². The number of hydrogen-bond donors (Lipinski definition) is 0. The van der Waals surface area contributed by atoms with Crippen LogP contribution in [0.3, 0.4) is 0 Å². The molecule has 0 saturated carbocycles. The Kier molecular flexibility index (Phi) is 4.43. The van der Waals surface area contributed by atoms with Gasteiger partial charge in [-0.2, -0.15) is 0 Å². The Morgan fingerprint density at radius 3 is 2.11 bits per heavy atom. The third-order valence-electron chi connectivity index (χ3n) is 5.13. The van der Waals surface area contributed by atoms with Crippen molar-refractivity contribution in [3.8, 4) is 0 Å². The first kappa shape index (κ1) is 17.0. The van der Waals surface area contributed by atoms with Gasteiger partial charge in [-0.05, 0) is 16.7 Å².